The van der Waals surface area contributed by atoms with E-state index in [2.05, 4.69) is 27.7 Å². The van der Waals surface area contributed by atoms with E-state index < -0.39 is 0 Å². The molecule has 2 saturated heterocycles. The lowest BCUT2D eigenvalue weighted by Crippen LogP contribution is -2.50. The lowest BCUT2D eigenvalue weighted by molar-refractivity contribution is -0.127. The molecule has 160 valence electrons. The maximum Gasteiger partial charge on any atom is 0.241 e. The van der Waals surface area contributed by atoms with Gasteiger partial charge in [-0.05, 0) is 30.7 Å². The van der Waals surface area contributed by atoms with Crippen molar-refractivity contribution < 1.29 is 9.53 Å². The molecule has 0 aliphatic carbocycles. The highest BCUT2D eigenvalue weighted by Crippen LogP contribution is 2.17. The summed E-state index contributed by atoms with van der Waals surface area (Å²) in [6.07, 6.45) is 3.36. The summed E-state index contributed by atoms with van der Waals surface area (Å²) >= 11 is 0. The van der Waals surface area contributed by atoms with Gasteiger partial charge in [-0.15, -0.1) is 0 Å². The lowest BCUT2D eigenvalue weighted by Gasteiger charge is -2.34. The quantitative estimate of drug-likeness (QED) is 0.533. The van der Waals surface area contributed by atoms with Gasteiger partial charge in [-0.3, -0.25) is 4.79 Å². The molecule has 2 fully saturated rings. The summed E-state index contributed by atoms with van der Waals surface area (Å²) in [5.74, 6) is 1.45. The van der Waals surface area contributed by atoms with Crippen LogP contribution < -0.4 is 10.6 Å². The van der Waals surface area contributed by atoms with Crippen LogP contribution in [0, 0.1) is 5.92 Å². The molecule has 0 bridgehead atoms. The summed E-state index contributed by atoms with van der Waals surface area (Å²) < 4.78 is 5.50. The van der Waals surface area contributed by atoms with Gasteiger partial charge in [0.2, 0.25) is 5.91 Å². The third-order valence-electron chi connectivity index (χ3n) is 5.64. The van der Waals surface area contributed by atoms with E-state index in [0.29, 0.717) is 24.5 Å². The van der Waals surface area contributed by atoms with E-state index in [9.17, 15) is 4.79 Å². The summed E-state index contributed by atoms with van der Waals surface area (Å²) in [6.45, 7) is 6.01. The summed E-state index contributed by atoms with van der Waals surface area (Å²) in [7, 11) is 3.53. The Morgan fingerprint density at radius 3 is 2.62 bits per heavy atom. The normalized spacial score (nSPS) is 21.2. The van der Waals surface area contributed by atoms with Crippen molar-refractivity contribution in [2.45, 2.75) is 31.8 Å². The number of benzene rings is 1. The second-order valence-corrected chi connectivity index (χ2v) is 8.24. The van der Waals surface area contributed by atoms with E-state index in [0.717, 1.165) is 51.3 Å². The van der Waals surface area contributed by atoms with Crippen LogP contribution in [0.3, 0.4) is 0 Å². The number of likely N-dealkylation sites (N-methyl/N-ethyl adjacent to an activating group) is 1. The molecule has 1 aromatic rings. The van der Waals surface area contributed by atoms with Gasteiger partial charge in [0.1, 0.15) is 0 Å². The zero-order chi connectivity index (χ0) is 20.5. The number of amides is 1. The number of piperidine rings is 1. The van der Waals surface area contributed by atoms with E-state index in [4.69, 9.17) is 9.73 Å². The van der Waals surface area contributed by atoms with Gasteiger partial charge in [0, 0.05) is 46.4 Å². The minimum Gasteiger partial charge on any atom is -0.381 e. The van der Waals surface area contributed by atoms with Gasteiger partial charge in [0.15, 0.2) is 5.96 Å². The van der Waals surface area contributed by atoms with Crippen LogP contribution in [-0.2, 0) is 16.1 Å². The third kappa shape index (κ3) is 7.33. The molecular formula is C22H35N5O2. The van der Waals surface area contributed by atoms with Crippen LogP contribution in [0.5, 0.6) is 0 Å². The van der Waals surface area contributed by atoms with E-state index in [1.807, 2.05) is 18.2 Å². The van der Waals surface area contributed by atoms with E-state index in [1.54, 1.807) is 19.0 Å². The van der Waals surface area contributed by atoms with Crippen LogP contribution in [0.1, 0.15) is 24.8 Å². The fourth-order valence-corrected chi connectivity index (χ4v) is 3.77. The van der Waals surface area contributed by atoms with Crippen LogP contribution in [0.15, 0.2) is 35.3 Å². The first-order valence-corrected chi connectivity index (χ1v) is 10.7. The number of nitrogens with one attached hydrogen (secondary N) is 2. The fraction of sp³-hybridized carbons (Fsp3) is 0.636. The van der Waals surface area contributed by atoms with Crippen LogP contribution in [0.4, 0.5) is 0 Å². The standard InChI is InChI=1S/C22H35N5O2/c1-26(2)21(28)15-24-22(23-14-18-6-4-3-5-7-18)25-20-8-11-27(12-9-20)16-19-10-13-29-17-19/h3-7,19-20H,8-17H2,1-2H3,(H2,23,24,25). The molecule has 2 heterocycles. The predicted octanol–water partition coefficient (Wildman–Crippen LogP) is 1.31. The van der Waals surface area contributed by atoms with Gasteiger partial charge in [-0.25, -0.2) is 4.99 Å². The number of likely N-dealkylation sites (tertiary alicyclic amines) is 1. The molecule has 7 heteroatoms. The van der Waals surface area contributed by atoms with Crippen molar-refractivity contribution in [2.24, 2.45) is 10.9 Å². The smallest absolute Gasteiger partial charge is 0.241 e. The highest BCUT2D eigenvalue weighted by atomic mass is 16.5. The van der Waals surface area contributed by atoms with Crippen molar-refractivity contribution in [3.8, 4) is 0 Å². The molecule has 0 radical (unpaired) electrons. The molecule has 3 rings (SSSR count). The van der Waals surface area contributed by atoms with Crippen LogP contribution >= 0.6 is 0 Å². The van der Waals surface area contributed by atoms with Crippen molar-refractivity contribution >= 4 is 11.9 Å². The first-order valence-electron chi connectivity index (χ1n) is 10.7. The average Bonchev–Trinajstić information content (AvgIpc) is 3.25. The predicted molar refractivity (Wildman–Crippen MR) is 116 cm³/mol. The van der Waals surface area contributed by atoms with Crippen LogP contribution in [-0.4, -0.2) is 81.2 Å². The number of hydrogen-bond donors (Lipinski definition) is 2. The third-order valence-corrected chi connectivity index (χ3v) is 5.64. The molecule has 1 amide bonds. The van der Waals surface area contributed by atoms with Gasteiger partial charge in [0.05, 0.1) is 19.7 Å². The maximum absolute atomic E-state index is 12.0. The number of ether oxygens (including phenoxy) is 1. The highest BCUT2D eigenvalue weighted by molar-refractivity contribution is 5.86. The molecule has 2 aliphatic heterocycles. The zero-order valence-corrected chi connectivity index (χ0v) is 17.8. The largest absolute Gasteiger partial charge is 0.381 e. The molecule has 7 nitrogen and oxygen atoms in total. The van der Waals surface area contributed by atoms with E-state index >= 15 is 0 Å². The molecule has 1 atom stereocenters. The Labute approximate surface area is 174 Å². The Morgan fingerprint density at radius 1 is 1.21 bits per heavy atom. The van der Waals surface area contributed by atoms with Gasteiger partial charge in [-0.1, -0.05) is 30.3 Å². The lowest BCUT2D eigenvalue weighted by atomic mass is 10.0. The number of hydrogen-bond acceptors (Lipinski definition) is 4. The molecule has 1 aromatic carbocycles. The Balaban J connectivity index is 1.51. The average molecular weight is 402 g/mol. The Bertz CT molecular complexity index is 650. The maximum atomic E-state index is 12.0. The number of aliphatic imine (C=N–C) groups is 1. The van der Waals surface area contributed by atoms with Crippen molar-refractivity contribution in [3.63, 3.8) is 0 Å². The first kappa shape index (κ1) is 21.6. The molecule has 1 unspecified atom stereocenters. The van der Waals surface area contributed by atoms with Gasteiger partial charge < -0.3 is 25.2 Å². The van der Waals surface area contributed by atoms with Crippen molar-refractivity contribution in [3.05, 3.63) is 35.9 Å². The number of nitrogens with zero attached hydrogens (tertiary/aromatic N) is 3. The second kappa shape index (κ2) is 11.2. The molecular weight excluding hydrogens is 366 g/mol. The summed E-state index contributed by atoms with van der Waals surface area (Å²) in [5, 5.41) is 6.76. The summed E-state index contributed by atoms with van der Waals surface area (Å²) in [5.41, 5.74) is 1.15. The fourth-order valence-electron chi connectivity index (χ4n) is 3.77. The van der Waals surface area contributed by atoms with E-state index in [1.165, 1.54) is 6.42 Å². The summed E-state index contributed by atoms with van der Waals surface area (Å²) in [4.78, 5) is 20.8. The Kier molecular flexibility index (Phi) is 8.31. The van der Waals surface area contributed by atoms with Gasteiger partial charge >= 0.3 is 0 Å². The number of rotatable bonds is 7. The minimum atomic E-state index is 0.0350. The number of carbonyl (C=O) groups is 1. The monoisotopic (exact) mass is 401 g/mol. The van der Waals surface area contributed by atoms with Crippen molar-refractivity contribution in [1.29, 1.82) is 0 Å². The van der Waals surface area contributed by atoms with Crippen LogP contribution in [0.25, 0.3) is 0 Å². The van der Waals surface area contributed by atoms with Crippen molar-refractivity contribution in [2.75, 3.05) is 53.5 Å². The topological polar surface area (TPSA) is 69.2 Å². The molecule has 0 aromatic heterocycles. The highest BCUT2D eigenvalue weighted by Gasteiger charge is 2.24. The van der Waals surface area contributed by atoms with Gasteiger partial charge in [-0.2, -0.15) is 0 Å². The molecule has 0 saturated carbocycles. The summed E-state index contributed by atoms with van der Waals surface area (Å²) in [6, 6.07) is 10.6. The zero-order valence-electron chi connectivity index (χ0n) is 17.8. The van der Waals surface area contributed by atoms with Crippen LogP contribution in [0.2, 0.25) is 0 Å². The van der Waals surface area contributed by atoms with Crippen molar-refractivity contribution in [1.82, 2.24) is 20.4 Å². The molecule has 2 N–H and O–H groups in total. The Morgan fingerprint density at radius 2 is 1.97 bits per heavy atom. The first-order chi connectivity index (χ1) is 14.1. The van der Waals surface area contributed by atoms with E-state index in [-0.39, 0.29) is 12.5 Å². The molecule has 0 spiro atoms. The van der Waals surface area contributed by atoms with Gasteiger partial charge in [0.25, 0.3) is 0 Å². The minimum absolute atomic E-state index is 0.0350. The Hall–Kier alpha value is -2.12. The molecule has 2 aliphatic rings. The second-order valence-electron chi connectivity index (χ2n) is 8.24. The number of carbonyl (C=O) groups excluding carboxylic acids is 1. The number of guanidine groups is 1. The molecule has 29 heavy (non-hydrogen) atoms. The SMILES string of the molecule is CN(C)C(=O)CNC(=NCc1ccccc1)NC1CCN(CC2CCOC2)CC1.